The highest BCUT2D eigenvalue weighted by atomic mass is 32.1. The van der Waals surface area contributed by atoms with Gasteiger partial charge in [-0.05, 0) is 18.8 Å². The molecule has 0 aromatic carbocycles. The summed E-state index contributed by atoms with van der Waals surface area (Å²) < 4.78 is 4.38. The van der Waals surface area contributed by atoms with Gasteiger partial charge in [0.2, 0.25) is 5.13 Å². The number of nitrogens with one attached hydrogen (secondary N) is 1. The van der Waals surface area contributed by atoms with E-state index < -0.39 is 0 Å². The van der Waals surface area contributed by atoms with Crippen LogP contribution in [0, 0.1) is 11.3 Å². The Morgan fingerprint density at radius 2 is 2.33 bits per heavy atom. The SMILES string of the molecule is CC(C)Cc1nsc(NC2CCCC2(C)CO)n1. The second-order valence-corrected chi connectivity index (χ2v) is 6.77. The summed E-state index contributed by atoms with van der Waals surface area (Å²) in [5.41, 5.74) is -0.0100. The van der Waals surface area contributed by atoms with Crippen molar-refractivity contribution >= 4 is 16.7 Å². The summed E-state index contributed by atoms with van der Waals surface area (Å²) in [6.45, 7) is 6.73. The summed E-state index contributed by atoms with van der Waals surface area (Å²) in [6.07, 6.45) is 4.29. The van der Waals surface area contributed by atoms with E-state index in [9.17, 15) is 5.11 Å². The van der Waals surface area contributed by atoms with Gasteiger partial charge in [-0.15, -0.1) is 0 Å². The third-order valence-corrected chi connectivity index (χ3v) is 4.48. The highest BCUT2D eigenvalue weighted by Crippen LogP contribution is 2.39. The van der Waals surface area contributed by atoms with Gasteiger partial charge in [-0.2, -0.15) is 4.37 Å². The molecule has 2 unspecified atom stereocenters. The van der Waals surface area contributed by atoms with Gasteiger partial charge in [-0.1, -0.05) is 27.2 Å². The fourth-order valence-electron chi connectivity index (χ4n) is 2.58. The molecule has 5 heteroatoms. The average Bonchev–Trinajstić information content (AvgIpc) is 2.88. The standard InChI is InChI=1S/C13H23N3OS/c1-9(2)7-11-15-12(18-16-11)14-10-5-4-6-13(10,3)8-17/h9-10,17H,4-8H2,1-3H3,(H,14,15,16). The van der Waals surface area contributed by atoms with Crippen molar-refractivity contribution in [1.29, 1.82) is 0 Å². The normalized spacial score (nSPS) is 27.9. The molecule has 0 aliphatic heterocycles. The number of nitrogens with zero attached hydrogens (tertiary/aromatic N) is 2. The van der Waals surface area contributed by atoms with Crippen molar-refractivity contribution in [2.75, 3.05) is 11.9 Å². The highest BCUT2D eigenvalue weighted by molar-refractivity contribution is 7.09. The minimum atomic E-state index is -0.0100. The molecule has 1 aromatic rings. The maximum absolute atomic E-state index is 9.53. The Morgan fingerprint density at radius 3 is 3.00 bits per heavy atom. The van der Waals surface area contributed by atoms with Crippen LogP contribution in [0.15, 0.2) is 0 Å². The number of hydrogen-bond acceptors (Lipinski definition) is 5. The number of hydrogen-bond donors (Lipinski definition) is 2. The quantitative estimate of drug-likeness (QED) is 0.863. The van der Waals surface area contributed by atoms with E-state index in [-0.39, 0.29) is 12.0 Å². The zero-order chi connectivity index (χ0) is 13.2. The summed E-state index contributed by atoms with van der Waals surface area (Å²) in [5, 5.41) is 13.9. The van der Waals surface area contributed by atoms with Crippen LogP contribution in [0.25, 0.3) is 0 Å². The first-order valence-electron chi connectivity index (χ1n) is 6.73. The van der Waals surface area contributed by atoms with Crippen molar-refractivity contribution in [3.05, 3.63) is 5.82 Å². The van der Waals surface area contributed by atoms with Gasteiger partial charge in [0.25, 0.3) is 0 Å². The predicted octanol–water partition coefficient (Wildman–Crippen LogP) is 2.70. The fourth-order valence-corrected chi connectivity index (χ4v) is 3.23. The maximum Gasteiger partial charge on any atom is 0.202 e. The summed E-state index contributed by atoms with van der Waals surface area (Å²) in [7, 11) is 0. The predicted molar refractivity (Wildman–Crippen MR) is 74.9 cm³/mol. The Hall–Kier alpha value is -0.680. The van der Waals surface area contributed by atoms with E-state index in [0.29, 0.717) is 12.0 Å². The van der Waals surface area contributed by atoms with Gasteiger partial charge < -0.3 is 10.4 Å². The molecule has 0 spiro atoms. The van der Waals surface area contributed by atoms with Crippen LogP contribution in [0.1, 0.15) is 45.9 Å². The first kappa shape index (κ1) is 13.7. The molecular formula is C13H23N3OS. The molecule has 2 rings (SSSR count). The molecule has 0 amide bonds. The van der Waals surface area contributed by atoms with E-state index in [2.05, 4.69) is 35.4 Å². The number of anilines is 1. The molecule has 1 aromatic heterocycles. The van der Waals surface area contributed by atoms with Crippen LogP contribution in [-0.4, -0.2) is 27.1 Å². The first-order valence-corrected chi connectivity index (χ1v) is 7.51. The van der Waals surface area contributed by atoms with Crippen molar-refractivity contribution < 1.29 is 5.11 Å². The summed E-state index contributed by atoms with van der Waals surface area (Å²) in [5.74, 6) is 1.52. The second-order valence-electron chi connectivity index (χ2n) is 6.02. The molecule has 0 bridgehead atoms. The highest BCUT2D eigenvalue weighted by Gasteiger charge is 2.38. The molecule has 1 aliphatic rings. The molecule has 4 nitrogen and oxygen atoms in total. The van der Waals surface area contributed by atoms with Crippen LogP contribution in [0.5, 0.6) is 0 Å². The van der Waals surface area contributed by atoms with Crippen LogP contribution in [-0.2, 0) is 6.42 Å². The van der Waals surface area contributed by atoms with Crippen LogP contribution in [0.2, 0.25) is 0 Å². The molecule has 1 saturated carbocycles. The number of rotatable bonds is 5. The third kappa shape index (κ3) is 3.01. The summed E-state index contributed by atoms with van der Waals surface area (Å²) in [4.78, 5) is 4.53. The lowest BCUT2D eigenvalue weighted by atomic mass is 9.86. The molecule has 2 N–H and O–H groups in total. The van der Waals surface area contributed by atoms with Gasteiger partial charge in [0.15, 0.2) is 0 Å². The largest absolute Gasteiger partial charge is 0.396 e. The summed E-state index contributed by atoms with van der Waals surface area (Å²) in [6, 6.07) is 0.322. The molecular weight excluding hydrogens is 246 g/mol. The van der Waals surface area contributed by atoms with Gasteiger partial charge in [0.05, 0.1) is 6.61 Å². The van der Waals surface area contributed by atoms with Crippen LogP contribution >= 0.6 is 11.5 Å². The Labute approximate surface area is 113 Å². The van der Waals surface area contributed by atoms with E-state index in [1.54, 1.807) is 0 Å². The topological polar surface area (TPSA) is 58.0 Å². The minimum absolute atomic E-state index is 0.0100. The molecule has 1 fully saturated rings. The van der Waals surface area contributed by atoms with Crippen molar-refractivity contribution in [2.24, 2.45) is 11.3 Å². The molecule has 0 radical (unpaired) electrons. The zero-order valence-electron chi connectivity index (χ0n) is 11.4. The van der Waals surface area contributed by atoms with E-state index in [4.69, 9.17) is 0 Å². The lowest BCUT2D eigenvalue weighted by Crippen LogP contribution is -2.36. The van der Waals surface area contributed by atoms with Gasteiger partial charge in [-0.3, -0.25) is 0 Å². The van der Waals surface area contributed by atoms with Crippen LogP contribution in [0.4, 0.5) is 5.13 Å². The van der Waals surface area contributed by atoms with Crippen LogP contribution < -0.4 is 5.32 Å². The monoisotopic (exact) mass is 269 g/mol. The zero-order valence-corrected chi connectivity index (χ0v) is 12.3. The number of aliphatic hydroxyl groups is 1. The van der Waals surface area contributed by atoms with Crippen LogP contribution in [0.3, 0.4) is 0 Å². The minimum Gasteiger partial charge on any atom is -0.396 e. The summed E-state index contributed by atoms with van der Waals surface area (Å²) >= 11 is 1.44. The first-order chi connectivity index (χ1) is 8.53. The van der Waals surface area contributed by atoms with Crippen molar-refractivity contribution in [3.8, 4) is 0 Å². The van der Waals surface area contributed by atoms with Gasteiger partial charge in [0, 0.05) is 29.4 Å². The Morgan fingerprint density at radius 1 is 1.56 bits per heavy atom. The molecule has 102 valence electrons. The Balaban J connectivity index is 1.99. The van der Waals surface area contributed by atoms with Crippen molar-refractivity contribution in [3.63, 3.8) is 0 Å². The smallest absolute Gasteiger partial charge is 0.202 e. The molecule has 0 saturated heterocycles. The van der Waals surface area contributed by atoms with Gasteiger partial charge in [0.1, 0.15) is 5.82 Å². The average molecular weight is 269 g/mol. The Kier molecular flexibility index (Phi) is 4.22. The number of aliphatic hydroxyl groups excluding tert-OH is 1. The van der Waals surface area contributed by atoms with Crippen molar-refractivity contribution in [2.45, 2.75) is 52.5 Å². The van der Waals surface area contributed by atoms with Gasteiger partial charge >= 0.3 is 0 Å². The maximum atomic E-state index is 9.53. The lowest BCUT2D eigenvalue weighted by Gasteiger charge is -2.29. The van der Waals surface area contributed by atoms with E-state index >= 15 is 0 Å². The van der Waals surface area contributed by atoms with Gasteiger partial charge in [-0.25, -0.2) is 4.98 Å². The van der Waals surface area contributed by atoms with E-state index in [1.165, 1.54) is 18.0 Å². The fraction of sp³-hybridized carbons (Fsp3) is 0.846. The molecule has 2 atom stereocenters. The number of aromatic nitrogens is 2. The molecule has 18 heavy (non-hydrogen) atoms. The molecule has 1 aliphatic carbocycles. The second kappa shape index (κ2) is 5.53. The van der Waals surface area contributed by atoms with E-state index in [1.807, 2.05) is 0 Å². The Bertz CT molecular complexity index is 393. The molecule has 1 heterocycles. The third-order valence-electron chi connectivity index (χ3n) is 3.80. The lowest BCUT2D eigenvalue weighted by molar-refractivity contribution is 0.139. The van der Waals surface area contributed by atoms with E-state index in [0.717, 1.165) is 30.2 Å². The van der Waals surface area contributed by atoms with Crippen molar-refractivity contribution in [1.82, 2.24) is 9.36 Å².